The number of carbonyl (C=O) groups is 2. The maximum absolute atomic E-state index is 12.7. The fourth-order valence-corrected chi connectivity index (χ4v) is 3.38. The smallest absolute Gasteiger partial charge is 0.343 e. The van der Waals surface area contributed by atoms with Gasteiger partial charge in [0.25, 0.3) is 5.91 Å². The van der Waals surface area contributed by atoms with E-state index in [9.17, 15) is 9.59 Å². The number of carbonyl (C=O) groups excluding carboxylic acids is 2. The first-order chi connectivity index (χ1) is 15.5. The minimum atomic E-state index is -0.469. The Morgan fingerprint density at radius 1 is 0.906 bits per heavy atom. The highest BCUT2D eigenvalue weighted by molar-refractivity contribution is 6.30. The number of hydrazone groups is 1. The molecule has 5 nitrogen and oxygen atoms in total. The number of esters is 1. The maximum atomic E-state index is 12.7. The third kappa shape index (κ3) is 4.85. The molecule has 0 aliphatic heterocycles. The van der Waals surface area contributed by atoms with Crippen LogP contribution in [0.15, 0.2) is 90.0 Å². The molecule has 0 bridgehead atoms. The Hall–Kier alpha value is -3.96. The molecular formula is C26H19ClN2O3. The minimum Gasteiger partial charge on any atom is -0.422 e. The van der Waals surface area contributed by atoms with Gasteiger partial charge in [-0.3, -0.25) is 4.79 Å². The zero-order valence-electron chi connectivity index (χ0n) is 17.2. The molecular weight excluding hydrogens is 424 g/mol. The van der Waals surface area contributed by atoms with Crippen LogP contribution in [0.3, 0.4) is 0 Å². The van der Waals surface area contributed by atoms with Crippen LogP contribution in [-0.2, 0) is 0 Å². The Bertz CT molecular complexity index is 1330. The van der Waals surface area contributed by atoms with Gasteiger partial charge in [-0.15, -0.1) is 0 Å². The lowest BCUT2D eigenvalue weighted by molar-refractivity contribution is 0.0734. The van der Waals surface area contributed by atoms with Crippen molar-refractivity contribution in [1.82, 2.24) is 5.43 Å². The van der Waals surface area contributed by atoms with Crippen LogP contribution in [0.1, 0.15) is 31.8 Å². The number of fused-ring (bicyclic) bond motifs is 1. The molecule has 0 saturated carbocycles. The molecule has 4 aromatic carbocycles. The molecule has 0 aliphatic carbocycles. The number of benzene rings is 4. The van der Waals surface area contributed by atoms with E-state index in [2.05, 4.69) is 10.5 Å². The van der Waals surface area contributed by atoms with Crippen LogP contribution in [0.5, 0.6) is 5.75 Å². The Kier molecular flexibility index (Phi) is 6.29. The second-order valence-electron chi connectivity index (χ2n) is 7.16. The van der Waals surface area contributed by atoms with Gasteiger partial charge in [-0.25, -0.2) is 10.2 Å². The fourth-order valence-electron chi connectivity index (χ4n) is 3.25. The molecule has 0 aromatic heterocycles. The number of hydrogen-bond acceptors (Lipinski definition) is 4. The zero-order chi connectivity index (χ0) is 22.5. The summed E-state index contributed by atoms with van der Waals surface area (Å²) in [6, 6.07) is 24.9. The van der Waals surface area contributed by atoms with Crippen molar-refractivity contribution in [2.75, 3.05) is 0 Å². The van der Waals surface area contributed by atoms with Crippen LogP contribution in [0.2, 0.25) is 5.02 Å². The molecule has 1 amide bonds. The summed E-state index contributed by atoms with van der Waals surface area (Å²) in [5.41, 5.74) is 4.93. The summed E-state index contributed by atoms with van der Waals surface area (Å²) in [6.07, 6.45) is 1.48. The number of amides is 1. The molecule has 158 valence electrons. The summed E-state index contributed by atoms with van der Waals surface area (Å²) >= 11 is 5.87. The first-order valence-corrected chi connectivity index (χ1v) is 10.3. The highest BCUT2D eigenvalue weighted by Gasteiger charge is 2.14. The van der Waals surface area contributed by atoms with Gasteiger partial charge >= 0.3 is 5.97 Å². The van der Waals surface area contributed by atoms with Gasteiger partial charge in [-0.2, -0.15) is 5.10 Å². The molecule has 1 N–H and O–H groups in total. The van der Waals surface area contributed by atoms with E-state index in [0.29, 0.717) is 27.5 Å². The van der Waals surface area contributed by atoms with Crippen LogP contribution in [-0.4, -0.2) is 18.1 Å². The quantitative estimate of drug-likeness (QED) is 0.184. The van der Waals surface area contributed by atoms with Gasteiger partial charge in [0.1, 0.15) is 5.75 Å². The number of nitrogens with one attached hydrogen (secondary N) is 1. The lowest BCUT2D eigenvalue weighted by Gasteiger charge is -2.11. The predicted octanol–water partition coefficient (Wildman–Crippen LogP) is 5.78. The minimum absolute atomic E-state index is 0.347. The predicted molar refractivity (Wildman–Crippen MR) is 127 cm³/mol. The standard InChI is InChI=1S/C26H19ClN2O3/c1-17-5-4-7-20(15-17)26(31)32-24-14-11-18-6-2-3-8-22(18)23(24)16-28-29-25(30)19-9-12-21(27)13-10-19/h2-16H,1H3,(H,29,30). The molecule has 6 heteroatoms. The van der Waals surface area contributed by atoms with E-state index in [1.54, 1.807) is 48.5 Å². The molecule has 4 rings (SSSR count). The number of rotatable bonds is 5. The molecule has 4 aromatic rings. The van der Waals surface area contributed by atoms with Gasteiger partial charge in [0.15, 0.2) is 0 Å². The van der Waals surface area contributed by atoms with Crippen molar-refractivity contribution in [3.05, 3.63) is 112 Å². The topological polar surface area (TPSA) is 67.8 Å². The van der Waals surface area contributed by atoms with Crippen LogP contribution < -0.4 is 10.2 Å². The fraction of sp³-hybridized carbons (Fsp3) is 0.0385. The third-order valence-electron chi connectivity index (χ3n) is 4.85. The highest BCUT2D eigenvalue weighted by atomic mass is 35.5. The molecule has 0 atom stereocenters. The van der Waals surface area contributed by atoms with E-state index < -0.39 is 5.97 Å². The van der Waals surface area contributed by atoms with E-state index >= 15 is 0 Å². The van der Waals surface area contributed by atoms with Gasteiger partial charge in [-0.05, 0) is 60.2 Å². The van der Waals surface area contributed by atoms with Crippen LogP contribution in [0, 0.1) is 6.92 Å². The van der Waals surface area contributed by atoms with Crippen molar-refractivity contribution in [2.24, 2.45) is 5.10 Å². The van der Waals surface area contributed by atoms with E-state index in [1.807, 2.05) is 43.3 Å². The number of hydrogen-bond donors (Lipinski definition) is 1. The molecule has 0 radical (unpaired) electrons. The monoisotopic (exact) mass is 442 g/mol. The second kappa shape index (κ2) is 9.45. The summed E-state index contributed by atoms with van der Waals surface area (Å²) < 4.78 is 5.69. The van der Waals surface area contributed by atoms with E-state index in [0.717, 1.165) is 16.3 Å². The Balaban J connectivity index is 1.62. The van der Waals surface area contributed by atoms with Crippen molar-refractivity contribution in [3.8, 4) is 5.75 Å². The average Bonchev–Trinajstić information content (AvgIpc) is 2.80. The van der Waals surface area contributed by atoms with Gasteiger partial charge in [0.2, 0.25) is 0 Å². The van der Waals surface area contributed by atoms with Crippen LogP contribution in [0.25, 0.3) is 10.8 Å². The lowest BCUT2D eigenvalue weighted by Crippen LogP contribution is -2.17. The van der Waals surface area contributed by atoms with E-state index in [1.165, 1.54) is 6.21 Å². The van der Waals surface area contributed by atoms with Crippen molar-refractivity contribution in [2.45, 2.75) is 6.92 Å². The summed E-state index contributed by atoms with van der Waals surface area (Å²) in [6.45, 7) is 1.91. The van der Waals surface area contributed by atoms with E-state index in [4.69, 9.17) is 16.3 Å². The summed E-state index contributed by atoms with van der Waals surface area (Å²) in [7, 11) is 0. The van der Waals surface area contributed by atoms with Crippen LogP contribution in [0.4, 0.5) is 0 Å². The lowest BCUT2D eigenvalue weighted by atomic mass is 10.0. The average molecular weight is 443 g/mol. The molecule has 0 heterocycles. The third-order valence-corrected chi connectivity index (χ3v) is 5.11. The van der Waals surface area contributed by atoms with Crippen molar-refractivity contribution in [3.63, 3.8) is 0 Å². The number of nitrogens with zero attached hydrogens (tertiary/aromatic N) is 1. The molecule has 0 spiro atoms. The summed E-state index contributed by atoms with van der Waals surface area (Å²) in [5.74, 6) is -0.500. The number of aryl methyl sites for hydroxylation is 1. The van der Waals surface area contributed by atoms with Crippen molar-refractivity contribution >= 4 is 40.5 Å². The van der Waals surface area contributed by atoms with Crippen molar-refractivity contribution in [1.29, 1.82) is 0 Å². The highest BCUT2D eigenvalue weighted by Crippen LogP contribution is 2.27. The van der Waals surface area contributed by atoms with Crippen molar-refractivity contribution < 1.29 is 14.3 Å². The Morgan fingerprint density at radius 3 is 2.47 bits per heavy atom. The Morgan fingerprint density at radius 2 is 1.69 bits per heavy atom. The van der Waals surface area contributed by atoms with Gasteiger partial charge in [-0.1, -0.05) is 59.6 Å². The van der Waals surface area contributed by atoms with Gasteiger partial charge in [0, 0.05) is 16.1 Å². The second-order valence-corrected chi connectivity index (χ2v) is 7.60. The first-order valence-electron chi connectivity index (χ1n) is 9.91. The molecule has 0 unspecified atom stereocenters. The summed E-state index contributed by atoms with van der Waals surface area (Å²) in [4.78, 5) is 25.0. The molecule has 32 heavy (non-hydrogen) atoms. The summed E-state index contributed by atoms with van der Waals surface area (Å²) in [5, 5.41) is 6.43. The maximum Gasteiger partial charge on any atom is 0.343 e. The molecule has 0 saturated heterocycles. The van der Waals surface area contributed by atoms with E-state index in [-0.39, 0.29) is 5.91 Å². The largest absolute Gasteiger partial charge is 0.422 e. The SMILES string of the molecule is Cc1cccc(C(=O)Oc2ccc3ccccc3c2C=NNC(=O)c2ccc(Cl)cc2)c1. The zero-order valence-corrected chi connectivity index (χ0v) is 18.0. The van der Waals surface area contributed by atoms with Gasteiger partial charge < -0.3 is 4.74 Å². The molecule has 0 fully saturated rings. The first kappa shape index (κ1) is 21.3. The molecule has 0 aliphatic rings. The van der Waals surface area contributed by atoms with Crippen LogP contribution >= 0.6 is 11.6 Å². The van der Waals surface area contributed by atoms with Gasteiger partial charge in [0.05, 0.1) is 11.8 Å². The number of ether oxygens (including phenoxy) is 1. The number of halogens is 1. The Labute approximate surface area is 190 Å². The normalized spacial score (nSPS) is 10.9.